The fourth-order valence-electron chi connectivity index (χ4n) is 1.79. The third-order valence-corrected chi connectivity index (χ3v) is 2.70. The van der Waals surface area contributed by atoms with Crippen LogP contribution in [0.25, 0.3) is 11.4 Å². The highest BCUT2D eigenvalue weighted by Crippen LogP contribution is 2.16. The monoisotopic (exact) mass is 231 g/mol. The highest BCUT2D eigenvalue weighted by Gasteiger charge is 2.15. The number of hydrogen-bond donors (Lipinski definition) is 1. The summed E-state index contributed by atoms with van der Waals surface area (Å²) in [6.45, 7) is 3.14. The van der Waals surface area contributed by atoms with Gasteiger partial charge in [0.2, 0.25) is 5.95 Å². The maximum atomic E-state index is 5.30. The minimum atomic E-state index is 0.729. The maximum Gasteiger partial charge on any atom is 0.245 e. The summed E-state index contributed by atoms with van der Waals surface area (Å²) in [5, 5.41) is 7.16. The summed E-state index contributed by atoms with van der Waals surface area (Å²) in [5.74, 6) is 1.48. The van der Waals surface area contributed by atoms with Crippen LogP contribution in [0.3, 0.4) is 0 Å². The van der Waals surface area contributed by atoms with Gasteiger partial charge in [-0.05, 0) is 12.1 Å². The minimum absolute atomic E-state index is 0.729. The Morgan fingerprint density at radius 2 is 2.18 bits per heavy atom. The molecule has 1 aliphatic rings. The molecule has 3 rings (SSSR count). The van der Waals surface area contributed by atoms with Gasteiger partial charge in [-0.25, -0.2) is 0 Å². The lowest BCUT2D eigenvalue weighted by molar-refractivity contribution is 0.122. The van der Waals surface area contributed by atoms with Gasteiger partial charge in [-0.2, -0.15) is 4.98 Å². The second-order valence-corrected chi connectivity index (χ2v) is 3.83. The molecule has 0 spiro atoms. The van der Waals surface area contributed by atoms with Crippen LogP contribution in [-0.2, 0) is 4.74 Å². The smallest absolute Gasteiger partial charge is 0.245 e. The average molecular weight is 231 g/mol. The number of anilines is 1. The van der Waals surface area contributed by atoms with Gasteiger partial charge in [0.15, 0.2) is 5.82 Å². The lowest BCUT2D eigenvalue weighted by Gasteiger charge is -2.25. The van der Waals surface area contributed by atoms with E-state index in [0.29, 0.717) is 0 Å². The van der Waals surface area contributed by atoms with E-state index in [-0.39, 0.29) is 0 Å². The molecule has 0 amide bonds. The van der Waals surface area contributed by atoms with E-state index in [0.717, 1.165) is 43.6 Å². The maximum absolute atomic E-state index is 5.30. The second kappa shape index (κ2) is 4.50. The van der Waals surface area contributed by atoms with Crippen molar-refractivity contribution in [1.82, 2.24) is 20.2 Å². The van der Waals surface area contributed by atoms with Crippen molar-refractivity contribution in [3.05, 3.63) is 24.5 Å². The molecule has 0 bridgehead atoms. The Labute approximate surface area is 98.7 Å². The van der Waals surface area contributed by atoms with Crippen molar-refractivity contribution in [3.8, 4) is 11.4 Å². The number of aromatic nitrogens is 4. The standard InChI is InChI=1S/C11H13N5O/c1-2-9(8-12-3-1)10-13-11(15-14-10)16-4-6-17-7-5-16/h1-3,8H,4-7H2,(H,13,14,15). The lowest BCUT2D eigenvalue weighted by Crippen LogP contribution is -2.36. The predicted octanol–water partition coefficient (Wildman–Crippen LogP) is 0.703. The van der Waals surface area contributed by atoms with Gasteiger partial charge in [0, 0.05) is 31.0 Å². The quantitative estimate of drug-likeness (QED) is 0.824. The molecule has 0 aromatic carbocycles. The Morgan fingerprint density at radius 3 is 2.94 bits per heavy atom. The van der Waals surface area contributed by atoms with Crippen LogP contribution >= 0.6 is 0 Å². The van der Waals surface area contributed by atoms with Crippen LogP contribution in [0.5, 0.6) is 0 Å². The molecule has 1 fully saturated rings. The van der Waals surface area contributed by atoms with Crippen LogP contribution < -0.4 is 4.90 Å². The number of nitrogens with zero attached hydrogens (tertiary/aromatic N) is 4. The van der Waals surface area contributed by atoms with E-state index < -0.39 is 0 Å². The van der Waals surface area contributed by atoms with Crippen molar-refractivity contribution in [2.45, 2.75) is 0 Å². The minimum Gasteiger partial charge on any atom is -0.378 e. The molecule has 6 nitrogen and oxygen atoms in total. The first-order chi connectivity index (χ1) is 8.43. The molecule has 0 aliphatic carbocycles. The molecule has 0 radical (unpaired) electrons. The average Bonchev–Trinajstić information content (AvgIpc) is 2.90. The number of pyridine rings is 1. The number of nitrogens with one attached hydrogen (secondary N) is 1. The van der Waals surface area contributed by atoms with Crippen LogP contribution in [0.15, 0.2) is 24.5 Å². The molecule has 0 atom stereocenters. The third kappa shape index (κ3) is 2.12. The summed E-state index contributed by atoms with van der Waals surface area (Å²) < 4.78 is 5.30. The number of H-pyrrole nitrogens is 1. The van der Waals surface area contributed by atoms with Gasteiger partial charge >= 0.3 is 0 Å². The van der Waals surface area contributed by atoms with Gasteiger partial charge in [0.05, 0.1) is 13.2 Å². The summed E-state index contributed by atoms with van der Waals surface area (Å²) >= 11 is 0. The van der Waals surface area contributed by atoms with Gasteiger partial charge in [-0.3, -0.25) is 10.1 Å². The number of hydrogen-bond acceptors (Lipinski definition) is 5. The zero-order chi connectivity index (χ0) is 11.5. The van der Waals surface area contributed by atoms with Crippen LogP contribution in [0.4, 0.5) is 5.95 Å². The molecular formula is C11H13N5O. The number of ether oxygens (including phenoxy) is 1. The fraction of sp³-hybridized carbons (Fsp3) is 0.364. The summed E-state index contributed by atoms with van der Waals surface area (Å²) in [6, 6.07) is 3.84. The van der Waals surface area contributed by atoms with Gasteiger partial charge in [0.25, 0.3) is 0 Å². The summed E-state index contributed by atoms with van der Waals surface area (Å²) in [6.07, 6.45) is 3.51. The van der Waals surface area contributed by atoms with E-state index >= 15 is 0 Å². The highest BCUT2D eigenvalue weighted by molar-refractivity contribution is 5.54. The van der Waals surface area contributed by atoms with E-state index in [1.807, 2.05) is 12.1 Å². The lowest BCUT2D eigenvalue weighted by atomic mass is 10.3. The van der Waals surface area contributed by atoms with Gasteiger partial charge in [-0.1, -0.05) is 0 Å². The van der Waals surface area contributed by atoms with Crippen molar-refractivity contribution in [2.75, 3.05) is 31.2 Å². The zero-order valence-electron chi connectivity index (χ0n) is 9.33. The first-order valence-corrected chi connectivity index (χ1v) is 5.59. The molecule has 1 N–H and O–H groups in total. The summed E-state index contributed by atoms with van der Waals surface area (Å²) in [5.41, 5.74) is 0.944. The Bertz CT molecular complexity index is 478. The van der Waals surface area contributed by atoms with Crippen LogP contribution in [0, 0.1) is 0 Å². The van der Waals surface area contributed by atoms with Crippen LogP contribution in [0.2, 0.25) is 0 Å². The Kier molecular flexibility index (Phi) is 2.71. The van der Waals surface area contributed by atoms with Crippen LogP contribution in [-0.4, -0.2) is 46.5 Å². The molecule has 1 saturated heterocycles. The van der Waals surface area contributed by atoms with Crippen molar-refractivity contribution in [3.63, 3.8) is 0 Å². The normalized spacial score (nSPS) is 16.1. The highest BCUT2D eigenvalue weighted by atomic mass is 16.5. The van der Waals surface area contributed by atoms with Gasteiger partial charge in [0.1, 0.15) is 0 Å². The molecule has 2 aromatic heterocycles. The molecule has 0 saturated carbocycles. The summed E-state index contributed by atoms with van der Waals surface area (Å²) in [4.78, 5) is 10.6. The first kappa shape index (κ1) is 10.2. The Morgan fingerprint density at radius 1 is 1.29 bits per heavy atom. The zero-order valence-corrected chi connectivity index (χ0v) is 9.33. The molecule has 1 aliphatic heterocycles. The second-order valence-electron chi connectivity index (χ2n) is 3.83. The number of morpholine rings is 1. The van der Waals surface area contributed by atoms with Crippen molar-refractivity contribution in [2.24, 2.45) is 0 Å². The number of aromatic amines is 1. The summed E-state index contributed by atoms with van der Waals surface area (Å²) in [7, 11) is 0. The fourth-order valence-corrected chi connectivity index (χ4v) is 1.79. The Hall–Kier alpha value is -1.95. The van der Waals surface area contributed by atoms with Crippen molar-refractivity contribution >= 4 is 5.95 Å². The Balaban J connectivity index is 1.83. The molecular weight excluding hydrogens is 218 g/mol. The SMILES string of the molecule is c1cncc(-c2nc(N3CCOCC3)n[nH]2)c1. The third-order valence-electron chi connectivity index (χ3n) is 2.70. The van der Waals surface area contributed by atoms with E-state index in [1.165, 1.54) is 0 Å². The van der Waals surface area contributed by atoms with E-state index in [4.69, 9.17) is 4.74 Å². The van der Waals surface area contributed by atoms with E-state index in [1.54, 1.807) is 12.4 Å². The molecule has 0 unspecified atom stereocenters. The van der Waals surface area contributed by atoms with E-state index in [2.05, 4.69) is 25.1 Å². The van der Waals surface area contributed by atoms with Gasteiger partial charge < -0.3 is 9.64 Å². The largest absolute Gasteiger partial charge is 0.378 e. The topological polar surface area (TPSA) is 66.9 Å². The molecule has 2 aromatic rings. The number of rotatable bonds is 2. The van der Waals surface area contributed by atoms with Gasteiger partial charge in [-0.15, -0.1) is 5.10 Å². The molecule has 88 valence electrons. The van der Waals surface area contributed by atoms with Crippen LogP contribution in [0.1, 0.15) is 0 Å². The van der Waals surface area contributed by atoms with Crippen molar-refractivity contribution < 1.29 is 4.74 Å². The predicted molar refractivity (Wildman–Crippen MR) is 62.6 cm³/mol. The molecule has 6 heteroatoms. The molecule has 17 heavy (non-hydrogen) atoms. The first-order valence-electron chi connectivity index (χ1n) is 5.59. The van der Waals surface area contributed by atoms with Crippen molar-refractivity contribution in [1.29, 1.82) is 0 Å². The molecule has 3 heterocycles. The van der Waals surface area contributed by atoms with E-state index in [9.17, 15) is 0 Å².